The Kier molecular flexibility index (Phi) is 10.3. The van der Waals surface area contributed by atoms with Gasteiger partial charge in [0.15, 0.2) is 16.6 Å². The number of carbonyl (C=O) groups excluding carboxylic acids is 1. The number of H-pyrrole nitrogens is 1. The molecule has 2 saturated carbocycles. The third-order valence-corrected chi connectivity index (χ3v) is 22.5. The van der Waals surface area contributed by atoms with Crippen LogP contribution in [0.3, 0.4) is 0 Å². The normalized spacial score (nSPS) is 32.5. The molecule has 46 heavy (non-hydrogen) atoms. The number of nitrogens with zero attached hydrogens (tertiary/aromatic N) is 1. The molecule has 4 rings (SSSR count). The first-order valence-electron chi connectivity index (χ1n) is 18.1. The molecule has 1 amide bonds. The smallest absolute Gasteiger partial charge is 0.407 e. The first kappa shape index (κ1) is 37.6. The lowest BCUT2D eigenvalue weighted by atomic mass is 9.49. The maximum Gasteiger partial charge on any atom is 0.407 e. The van der Waals surface area contributed by atoms with Crippen LogP contribution in [0.4, 0.5) is 4.79 Å². The van der Waals surface area contributed by atoms with Crippen molar-refractivity contribution in [1.82, 2.24) is 15.5 Å². The Morgan fingerprint density at radius 3 is 2.17 bits per heavy atom. The second-order valence-electron chi connectivity index (χ2n) is 19.7. The summed E-state index contributed by atoms with van der Waals surface area (Å²) in [4.78, 5) is 13.1. The average Bonchev–Trinajstić information content (AvgIpc) is 3.46. The highest BCUT2D eigenvalue weighted by Gasteiger charge is 2.58. The van der Waals surface area contributed by atoms with Gasteiger partial charge in [-0.2, -0.15) is 5.10 Å². The molecule has 1 unspecified atom stereocenters. The maximum atomic E-state index is 13.1. The van der Waals surface area contributed by atoms with E-state index in [1.54, 1.807) is 0 Å². The van der Waals surface area contributed by atoms with Crippen molar-refractivity contribution in [2.24, 2.45) is 29.1 Å². The molecule has 2 fully saturated rings. The van der Waals surface area contributed by atoms with Gasteiger partial charge in [0, 0.05) is 30.4 Å². The minimum Gasteiger partial charge on any atom is -0.444 e. The highest BCUT2D eigenvalue weighted by molar-refractivity contribution is 6.74. The van der Waals surface area contributed by atoms with Crippen molar-refractivity contribution in [2.75, 3.05) is 13.2 Å². The van der Waals surface area contributed by atoms with Crippen LogP contribution in [0.5, 0.6) is 0 Å². The van der Waals surface area contributed by atoms with Crippen molar-refractivity contribution in [2.45, 2.75) is 168 Å². The molecule has 0 saturated heterocycles. The van der Waals surface area contributed by atoms with Gasteiger partial charge >= 0.3 is 6.09 Å². The number of amides is 1. The molecule has 3 aliphatic rings. The number of hydrogen-bond acceptors (Lipinski definition) is 5. The van der Waals surface area contributed by atoms with Crippen LogP contribution in [0.1, 0.15) is 120 Å². The molecule has 9 heteroatoms. The first-order chi connectivity index (χ1) is 20.8. The lowest BCUT2D eigenvalue weighted by Crippen LogP contribution is -2.56. The molecule has 7 atom stereocenters. The third-order valence-electron chi connectivity index (χ3n) is 13.5. The number of rotatable bonds is 8. The molecule has 3 aliphatic carbocycles. The van der Waals surface area contributed by atoms with Crippen molar-refractivity contribution in [1.29, 1.82) is 0 Å². The summed E-state index contributed by atoms with van der Waals surface area (Å²) >= 11 is 0. The summed E-state index contributed by atoms with van der Waals surface area (Å²) in [7, 11) is -3.87. The molecule has 0 aromatic carbocycles. The quantitative estimate of drug-likeness (QED) is 0.268. The Morgan fingerprint density at radius 2 is 1.59 bits per heavy atom. The summed E-state index contributed by atoms with van der Waals surface area (Å²) in [6.45, 7) is 35.8. The zero-order valence-electron chi connectivity index (χ0n) is 32.2. The summed E-state index contributed by atoms with van der Waals surface area (Å²) in [6.07, 6.45) is 8.53. The van der Waals surface area contributed by atoms with Gasteiger partial charge in [0.2, 0.25) is 0 Å². The number of alkyl carbamates (subject to hydrolysis) is 1. The zero-order chi connectivity index (χ0) is 34.7. The second-order valence-corrected chi connectivity index (χ2v) is 29.3. The predicted octanol–water partition coefficient (Wildman–Crippen LogP) is 9.61. The highest BCUT2D eigenvalue weighted by Crippen LogP contribution is 2.61. The number of fused-ring (bicyclic) bond motifs is 3. The maximum absolute atomic E-state index is 13.1. The number of carbonyl (C=O) groups is 1. The Bertz CT molecular complexity index is 1230. The summed E-state index contributed by atoms with van der Waals surface area (Å²) in [5, 5.41) is 11.4. The summed E-state index contributed by atoms with van der Waals surface area (Å²) in [6, 6.07) is 0. The Morgan fingerprint density at radius 1 is 0.957 bits per heavy atom. The zero-order valence-corrected chi connectivity index (χ0v) is 34.2. The van der Waals surface area contributed by atoms with Crippen LogP contribution in [0, 0.1) is 29.1 Å². The summed E-state index contributed by atoms with van der Waals surface area (Å²) in [5.74, 6) is 1.61. The van der Waals surface area contributed by atoms with E-state index in [1.807, 2.05) is 27.0 Å². The molecule has 7 nitrogen and oxygen atoms in total. The second kappa shape index (κ2) is 12.6. The van der Waals surface area contributed by atoms with Gasteiger partial charge < -0.3 is 18.9 Å². The van der Waals surface area contributed by atoms with Crippen LogP contribution in [0.25, 0.3) is 0 Å². The van der Waals surface area contributed by atoms with Crippen LogP contribution in [-0.2, 0) is 25.4 Å². The van der Waals surface area contributed by atoms with E-state index in [4.69, 9.17) is 13.6 Å². The van der Waals surface area contributed by atoms with Gasteiger partial charge in [-0.25, -0.2) is 4.79 Å². The standard InChI is InChI=1S/C37H69N3O4Si2/c1-33(2,3)43-32(41)38-23-28-29(17-19-37(11)30(28)20-25-22-39-40-31(25)37)36(10)18-16-27(44-46(14,15)35(7,8)9)21-26(36)24-42-45(12,13)34(4,5)6/h22,26-30H,16-21,23-24H2,1-15H3,(H,38,41)(H,39,40)/t26-,27?,28-,29+,30+,36+,37+/m1/s1. The van der Waals surface area contributed by atoms with Gasteiger partial charge in [-0.3, -0.25) is 5.10 Å². The van der Waals surface area contributed by atoms with E-state index >= 15 is 0 Å². The molecular weight excluding hydrogens is 607 g/mol. The molecule has 1 aromatic rings. The molecular formula is C37H69N3O4Si2. The van der Waals surface area contributed by atoms with Gasteiger partial charge in [0.25, 0.3) is 0 Å². The monoisotopic (exact) mass is 675 g/mol. The molecule has 1 heterocycles. The van der Waals surface area contributed by atoms with Gasteiger partial charge in [0.05, 0.1) is 6.20 Å². The number of aromatic nitrogens is 2. The average molecular weight is 676 g/mol. The van der Waals surface area contributed by atoms with Crippen molar-refractivity contribution in [3.05, 3.63) is 17.5 Å². The van der Waals surface area contributed by atoms with E-state index in [0.29, 0.717) is 30.2 Å². The fourth-order valence-electron chi connectivity index (χ4n) is 8.46. The minimum atomic E-state index is -1.95. The molecule has 0 radical (unpaired) electrons. The Labute approximate surface area is 283 Å². The molecule has 2 N–H and O–H groups in total. The lowest BCUT2D eigenvalue weighted by Gasteiger charge is -2.57. The van der Waals surface area contributed by atoms with Gasteiger partial charge in [-0.05, 0) is 130 Å². The Hall–Kier alpha value is -1.17. The third kappa shape index (κ3) is 7.52. The topological polar surface area (TPSA) is 85.5 Å². The molecule has 0 bridgehead atoms. The van der Waals surface area contributed by atoms with E-state index < -0.39 is 22.2 Å². The van der Waals surface area contributed by atoms with Gasteiger partial charge in [-0.1, -0.05) is 55.4 Å². The number of hydrogen-bond donors (Lipinski definition) is 2. The molecule has 0 spiro atoms. The van der Waals surface area contributed by atoms with E-state index in [2.05, 4.69) is 97.1 Å². The summed E-state index contributed by atoms with van der Waals surface area (Å²) in [5.41, 5.74) is 2.25. The molecule has 1 aromatic heterocycles. The fourth-order valence-corrected chi connectivity index (χ4v) is 10.9. The van der Waals surface area contributed by atoms with E-state index in [-0.39, 0.29) is 33.1 Å². The highest BCUT2D eigenvalue weighted by atomic mass is 28.4. The van der Waals surface area contributed by atoms with E-state index in [9.17, 15) is 4.79 Å². The van der Waals surface area contributed by atoms with Gasteiger partial charge in [0.1, 0.15) is 5.60 Å². The van der Waals surface area contributed by atoms with Crippen LogP contribution >= 0.6 is 0 Å². The van der Waals surface area contributed by atoms with E-state index in [0.717, 1.165) is 45.1 Å². The molecule has 0 aliphatic heterocycles. The largest absolute Gasteiger partial charge is 0.444 e. The van der Waals surface area contributed by atoms with Crippen LogP contribution in [-0.4, -0.2) is 57.8 Å². The lowest BCUT2D eigenvalue weighted by molar-refractivity contribution is -0.0852. The van der Waals surface area contributed by atoms with E-state index in [1.165, 1.54) is 11.3 Å². The number of aromatic amines is 1. The predicted molar refractivity (Wildman–Crippen MR) is 194 cm³/mol. The van der Waals surface area contributed by atoms with Crippen molar-refractivity contribution < 1.29 is 18.4 Å². The van der Waals surface area contributed by atoms with Gasteiger partial charge in [-0.15, -0.1) is 0 Å². The first-order valence-corrected chi connectivity index (χ1v) is 23.9. The minimum absolute atomic E-state index is 0.0365. The van der Waals surface area contributed by atoms with Crippen molar-refractivity contribution in [3.8, 4) is 0 Å². The Balaban J connectivity index is 1.67. The van der Waals surface area contributed by atoms with Crippen LogP contribution in [0.15, 0.2) is 6.20 Å². The number of ether oxygens (including phenoxy) is 1. The SMILES string of the molecule is CC(C)(C)OC(=O)NC[C@@H]1[C@@H]([C@@]2(C)CCC(O[Si](C)(C)C(C)(C)C)C[C@@H]2CO[Si](C)(C)C(C)(C)C)CC[C@]2(C)c3[nH]ncc3C[C@@H]12. The summed E-state index contributed by atoms with van der Waals surface area (Å²) < 4.78 is 20.0. The number of nitrogens with one attached hydrogen (secondary N) is 2. The van der Waals surface area contributed by atoms with Crippen LogP contribution < -0.4 is 5.32 Å². The molecule has 264 valence electrons. The fraction of sp³-hybridized carbons (Fsp3) is 0.892. The van der Waals surface area contributed by atoms with Crippen molar-refractivity contribution in [3.63, 3.8) is 0 Å². The van der Waals surface area contributed by atoms with Crippen LogP contribution in [0.2, 0.25) is 36.3 Å². The van der Waals surface area contributed by atoms with Crippen molar-refractivity contribution >= 4 is 22.7 Å².